The van der Waals surface area contributed by atoms with Gasteiger partial charge in [-0.05, 0) is 43.9 Å². The van der Waals surface area contributed by atoms with Gasteiger partial charge in [-0.1, -0.05) is 51.7 Å². The molecule has 0 saturated heterocycles. The zero-order valence-electron chi connectivity index (χ0n) is 17.8. The summed E-state index contributed by atoms with van der Waals surface area (Å²) < 4.78 is 5.45. The Hall–Kier alpha value is -2.10. The highest BCUT2D eigenvalue weighted by Crippen LogP contribution is 2.22. The van der Waals surface area contributed by atoms with Gasteiger partial charge in [-0.25, -0.2) is 0 Å². The molecule has 1 unspecified atom stereocenters. The average Bonchev–Trinajstić information content (AvgIpc) is 2.68. The molecule has 4 nitrogen and oxygen atoms in total. The molecular weight excluding hydrogens is 348 g/mol. The van der Waals surface area contributed by atoms with E-state index in [0.717, 1.165) is 25.1 Å². The van der Waals surface area contributed by atoms with Gasteiger partial charge in [0.15, 0.2) is 0 Å². The molecule has 0 N–H and O–H groups in total. The first-order valence-electron chi connectivity index (χ1n) is 10.9. The van der Waals surface area contributed by atoms with E-state index in [2.05, 4.69) is 47.3 Å². The zero-order chi connectivity index (χ0) is 20.2. The summed E-state index contributed by atoms with van der Waals surface area (Å²) in [6.07, 6.45) is 13.5. The summed E-state index contributed by atoms with van der Waals surface area (Å²) in [6.45, 7) is 6.94. The number of unbranched alkanes of at least 4 members (excludes halogenated alkanes) is 4. The predicted octanol–water partition coefficient (Wildman–Crippen LogP) is 6.05. The van der Waals surface area contributed by atoms with Crippen LogP contribution in [0.1, 0.15) is 77.7 Å². The maximum Gasteiger partial charge on any atom is 0.306 e. The van der Waals surface area contributed by atoms with E-state index in [1.165, 1.54) is 43.4 Å². The Morgan fingerprint density at radius 2 is 2.00 bits per heavy atom. The minimum Gasteiger partial charge on any atom is -0.462 e. The molecule has 1 aliphatic heterocycles. The summed E-state index contributed by atoms with van der Waals surface area (Å²) in [4.78, 5) is 18.4. The third-order valence-electron chi connectivity index (χ3n) is 4.93. The molecule has 0 spiro atoms. The van der Waals surface area contributed by atoms with E-state index >= 15 is 0 Å². The quantitative estimate of drug-likeness (QED) is 0.325. The molecule has 0 radical (unpaired) electrons. The zero-order valence-corrected chi connectivity index (χ0v) is 17.8. The monoisotopic (exact) mass is 384 g/mol. The molecule has 0 fully saturated rings. The van der Waals surface area contributed by atoms with Crippen LogP contribution in [0, 0.1) is 0 Å². The number of rotatable bonds is 12. The Balaban J connectivity index is 1.91. The molecule has 1 aromatic rings. The Morgan fingerprint density at radius 1 is 1.18 bits per heavy atom. The lowest BCUT2D eigenvalue weighted by Crippen LogP contribution is -2.24. The second-order valence-corrected chi connectivity index (χ2v) is 7.67. The summed E-state index contributed by atoms with van der Waals surface area (Å²) in [5, 5.41) is 0. The number of ether oxygens (including phenoxy) is 1. The van der Waals surface area contributed by atoms with Crippen LogP contribution in [-0.4, -0.2) is 24.8 Å². The smallest absolute Gasteiger partial charge is 0.306 e. The van der Waals surface area contributed by atoms with Crippen molar-refractivity contribution in [2.24, 2.45) is 4.99 Å². The van der Waals surface area contributed by atoms with E-state index in [0.29, 0.717) is 12.8 Å². The normalized spacial score (nSPS) is 14.7. The molecule has 1 aromatic carbocycles. The number of anilines is 1. The second kappa shape index (κ2) is 12.4. The van der Waals surface area contributed by atoms with Crippen molar-refractivity contribution in [3.63, 3.8) is 0 Å². The van der Waals surface area contributed by atoms with E-state index in [-0.39, 0.29) is 12.1 Å². The molecule has 1 heterocycles. The highest BCUT2D eigenvalue weighted by molar-refractivity contribution is 5.71. The number of nitrogens with zero attached hydrogens (tertiary/aromatic N) is 2. The molecule has 28 heavy (non-hydrogen) atoms. The Labute approximate surface area is 170 Å². The number of benzene rings is 1. The summed E-state index contributed by atoms with van der Waals surface area (Å²) in [6, 6.07) is 8.81. The largest absolute Gasteiger partial charge is 0.462 e. The fourth-order valence-corrected chi connectivity index (χ4v) is 3.44. The molecular formula is C24H36N2O2. The van der Waals surface area contributed by atoms with Crippen molar-refractivity contribution >= 4 is 17.9 Å². The molecule has 0 aliphatic carbocycles. The van der Waals surface area contributed by atoms with Gasteiger partial charge in [0.2, 0.25) is 0 Å². The number of carbonyl (C=O) groups is 1. The third kappa shape index (κ3) is 7.87. The standard InChI is InChI=1S/C24H36N2O2/c1-4-6-7-8-9-12-21-13-10-14-23(18-21)26-16-15-25-22(19-26)17-20(3)28-24(27)11-5-2/h10,13-15,18-20H,4-9,11-12,16-17H2,1-3H3. The molecule has 0 saturated carbocycles. The van der Waals surface area contributed by atoms with Crippen molar-refractivity contribution in [1.29, 1.82) is 0 Å². The number of hydrogen-bond acceptors (Lipinski definition) is 4. The van der Waals surface area contributed by atoms with Gasteiger partial charge < -0.3 is 9.64 Å². The summed E-state index contributed by atoms with van der Waals surface area (Å²) >= 11 is 0. The lowest BCUT2D eigenvalue weighted by molar-refractivity contribution is -0.148. The minimum atomic E-state index is -0.156. The highest BCUT2D eigenvalue weighted by Gasteiger charge is 2.14. The van der Waals surface area contributed by atoms with Crippen molar-refractivity contribution in [3.05, 3.63) is 41.7 Å². The fourth-order valence-electron chi connectivity index (χ4n) is 3.44. The highest BCUT2D eigenvalue weighted by atomic mass is 16.5. The predicted molar refractivity (Wildman–Crippen MR) is 118 cm³/mol. The molecule has 154 valence electrons. The van der Waals surface area contributed by atoms with Crippen LogP contribution in [0.3, 0.4) is 0 Å². The molecule has 0 aromatic heterocycles. The van der Waals surface area contributed by atoms with Crippen LogP contribution in [0.4, 0.5) is 5.69 Å². The van der Waals surface area contributed by atoms with Crippen LogP contribution < -0.4 is 4.90 Å². The van der Waals surface area contributed by atoms with Crippen LogP contribution >= 0.6 is 0 Å². The van der Waals surface area contributed by atoms with E-state index < -0.39 is 0 Å². The Kier molecular flexibility index (Phi) is 9.81. The maximum absolute atomic E-state index is 11.7. The van der Waals surface area contributed by atoms with Crippen molar-refractivity contribution in [1.82, 2.24) is 0 Å². The van der Waals surface area contributed by atoms with E-state index in [4.69, 9.17) is 4.74 Å². The fraction of sp³-hybridized carbons (Fsp3) is 0.583. The molecule has 4 heteroatoms. The first-order valence-corrected chi connectivity index (χ1v) is 10.9. The van der Waals surface area contributed by atoms with Crippen molar-refractivity contribution < 1.29 is 9.53 Å². The average molecular weight is 385 g/mol. The minimum absolute atomic E-state index is 0.126. The maximum atomic E-state index is 11.7. The van der Waals surface area contributed by atoms with Crippen LogP contribution in [0.25, 0.3) is 0 Å². The van der Waals surface area contributed by atoms with Crippen LogP contribution in [0.5, 0.6) is 0 Å². The summed E-state index contributed by atoms with van der Waals surface area (Å²) in [7, 11) is 0. The van der Waals surface area contributed by atoms with Gasteiger partial charge in [0.05, 0.1) is 12.2 Å². The SMILES string of the molecule is CCCCCCCc1cccc(N2C=C(CC(C)OC(=O)CCC)N=CC2)c1. The lowest BCUT2D eigenvalue weighted by Gasteiger charge is -2.24. The number of hydrogen-bond donors (Lipinski definition) is 0. The number of aryl methyl sites for hydroxylation is 1. The molecule has 1 atom stereocenters. The van der Waals surface area contributed by atoms with Crippen LogP contribution in [-0.2, 0) is 16.0 Å². The molecule has 0 bridgehead atoms. The molecule has 1 aliphatic rings. The van der Waals surface area contributed by atoms with Gasteiger partial charge in [-0.15, -0.1) is 0 Å². The van der Waals surface area contributed by atoms with E-state index in [1.54, 1.807) is 0 Å². The van der Waals surface area contributed by atoms with Gasteiger partial charge in [0.1, 0.15) is 6.10 Å². The lowest BCUT2D eigenvalue weighted by atomic mass is 10.0. The van der Waals surface area contributed by atoms with Crippen LogP contribution in [0.15, 0.2) is 41.2 Å². The van der Waals surface area contributed by atoms with Gasteiger partial charge in [0.25, 0.3) is 0 Å². The Bertz CT molecular complexity index is 666. The van der Waals surface area contributed by atoms with Crippen LogP contribution in [0.2, 0.25) is 0 Å². The summed E-state index contributed by atoms with van der Waals surface area (Å²) in [5.41, 5.74) is 3.55. The van der Waals surface area contributed by atoms with Gasteiger partial charge in [-0.3, -0.25) is 9.79 Å². The van der Waals surface area contributed by atoms with E-state index in [9.17, 15) is 4.79 Å². The van der Waals surface area contributed by atoms with E-state index in [1.807, 2.05) is 20.1 Å². The number of aliphatic imine (C=N–C) groups is 1. The number of esters is 1. The number of carbonyl (C=O) groups excluding carboxylic acids is 1. The molecule has 2 rings (SSSR count). The third-order valence-corrected chi connectivity index (χ3v) is 4.93. The first kappa shape index (κ1) is 22.2. The Morgan fingerprint density at radius 3 is 2.79 bits per heavy atom. The van der Waals surface area contributed by atoms with Crippen molar-refractivity contribution in [2.45, 2.75) is 84.7 Å². The first-order chi connectivity index (χ1) is 13.6. The topological polar surface area (TPSA) is 41.9 Å². The summed E-state index contributed by atoms with van der Waals surface area (Å²) in [5.74, 6) is -0.126. The van der Waals surface area contributed by atoms with Gasteiger partial charge >= 0.3 is 5.97 Å². The molecule has 0 amide bonds. The van der Waals surface area contributed by atoms with Crippen molar-refractivity contribution in [2.75, 3.05) is 11.4 Å². The van der Waals surface area contributed by atoms with Crippen molar-refractivity contribution in [3.8, 4) is 0 Å². The van der Waals surface area contributed by atoms with Gasteiger partial charge in [0, 0.05) is 30.9 Å². The second-order valence-electron chi connectivity index (χ2n) is 7.67. The van der Waals surface area contributed by atoms with Gasteiger partial charge in [-0.2, -0.15) is 0 Å².